The average Bonchev–Trinajstić information content (AvgIpc) is 2.55. The molecule has 1 aliphatic heterocycles. The molecular weight excluding hydrogens is 338 g/mol. The number of hydrogen-bond acceptors (Lipinski definition) is 7. The van der Waals surface area contributed by atoms with E-state index in [9.17, 15) is 23.3 Å². The standard InChI is InChI=1S/C14H19N3O6S/c1-2-23-14(18)10-9-15-8-7-11(10)16-24(21,22)13-6-4-3-5-12(13)17(19)20/h3-6,10-11,15-16H,2,7-9H2,1H3/t10-,11+/m1/s1. The van der Waals surface area contributed by atoms with Gasteiger partial charge in [-0.2, -0.15) is 0 Å². The van der Waals surface area contributed by atoms with Crippen LogP contribution in [0, 0.1) is 16.0 Å². The van der Waals surface area contributed by atoms with Gasteiger partial charge >= 0.3 is 5.97 Å². The van der Waals surface area contributed by atoms with Gasteiger partial charge in [-0.05, 0) is 26.0 Å². The molecular formula is C14H19N3O6S. The lowest BCUT2D eigenvalue weighted by Crippen LogP contribution is -2.52. The number of carbonyl (C=O) groups is 1. The molecule has 1 aromatic rings. The van der Waals surface area contributed by atoms with Crippen molar-refractivity contribution >= 4 is 21.7 Å². The van der Waals surface area contributed by atoms with E-state index in [0.29, 0.717) is 13.0 Å². The molecule has 10 heteroatoms. The van der Waals surface area contributed by atoms with E-state index >= 15 is 0 Å². The van der Waals surface area contributed by atoms with Crippen LogP contribution in [-0.4, -0.2) is 45.0 Å². The van der Waals surface area contributed by atoms with Crippen molar-refractivity contribution in [1.29, 1.82) is 0 Å². The first kappa shape index (κ1) is 18.3. The summed E-state index contributed by atoms with van der Waals surface area (Å²) in [6.07, 6.45) is 0.378. The lowest BCUT2D eigenvalue weighted by atomic mass is 9.94. The number of nitro benzene ring substituents is 1. The van der Waals surface area contributed by atoms with Crippen LogP contribution < -0.4 is 10.0 Å². The molecule has 1 saturated heterocycles. The first-order valence-electron chi connectivity index (χ1n) is 7.50. The molecule has 24 heavy (non-hydrogen) atoms. The Morgan fingerprint density at radius 1 is 1.46 bits per heavy atom. The minimum absolute atomic E-state index is 0.193. The summed E-state index contributed by atoms with van der Waals surface area (Å²) in [7, 11) is -4.14. The van der Waals surface area contributed by atoms with Gasteiger partial charge in [0.2, 0.25) is 10.0 Å². The number of hydrogen-bond donors (Lipinski definition) is 2. The minimum Gasteiger partial charge on any atom is -0.466 e. The zero-order valence-corrected chi connectivity index (χ0v) is 13.9. The van der Waals surface area contributed by atoms with E-state index in [2.05, 4.69) is 10.0 Å². The fraction of sp³-hybridized carbons (Fsp3) is 0.500. The van der Waals surface area contributed by atoms with Crippen LogP contribution in [0.4, 0.5) is 5.69 Å². The van der Waals surface area contributed by atoms with Crippen molar-refractivity contribution < 1.29 is 22.9 Å². The average molecular weight is 357 g/mol. The number of ether oxygens (including phenoxy) is 1. The fourth-order valence-corrected chi connectivity index (χ4v) is 4.08. The third-order valence-corrected chi connectivity index (χ3v) is 5.27. The molecule has 0 aliphatic carbocycles. The van der Waals surface area contributed by atoms with E-state index < -0.39 is 43.5 Å². The van der Waals surface area contributed by atoms with E-state index in [1.54, 1.807) is 6.92 Å². The molecule has 0 saturated carbocycles. The van der Waals surface area contributed by atoms with Gasteiger partial charge in [0.1, 0.15) is 0 Å². The van der Waals surface area contributed by atoms with Crippen LogP contribution >= 0.6 is 0 Å². The maximum atomic E-state index is 12.6. The topological polar surface area (TPSA) is 128 Å². The Balaban J connectivity index is 2.27. The molecule has 9 nitrogen and oxygen atoms in total. The van der Waals surface area contributed by atoms with Crippen molar-refractivity contribution in [2.75, 3.05) is 19.7 Å². The molecule has 0 amide bonds. The normalized spacial score (nSPS) is 21.2. The second-order valence-corrected chi connectivity index (χ2v) is 6.99. The van der Waals surface area contributed by atoms with Gasteiger partial charge in [0, 0.05) is 18.7 Å². The van der Waals surface area contributed by atoms with Gasteiger partial charge in [0.25, 0.3) is 5.69 Å². The predicted octanol–water partition coefficient (Wildman–Crippen LogP) is 0.414. The minimum atomic E-state index is -4.14. The Hall–Kier alpha value is -2.04. The quantitative estimate of drug-likeness (QED) is 0.429. The third-order valence-electron chi connectivity index (χ3n) is 3.73. The van der Waals surface area contributed by atoms with Crippen LogP contribution in [0.2, 0.25) is 0 Å². The zero-order valence-electron chi connectivity index (χ0n) is 13.1. The molecule has 132 valence electrons. The number of esters is 1. The Bertz CT molecular complexity index is 721. The molecule has 0 radical (unpaired) electrons. The van der Waals surface area contributed by atoms with E-state index in [-0.39, 0.29) is 13.2 Å². The number of carbonyl (C=O) groups excluding carboxylic acids is 1. The van der Waals surface area contributed by atoms with Crippen molar-refractivity contribution in [3.63, 3.8) is 0 Å². The van der Waals surface area contributed by atoms with Gasteiger partial charge in [-0.3, -0.25) is 14.9 Å². The van der Waals surface area contributed by atoms with E-state index in [1.165, 1.54) is 18.2 Å². The largest absolute Gasteiger partial charge is 0.466 e. The molecule has 2 atom stereocenters. The molecule has 1 aromatic carbocycles. The molecule has 2 rings (SSSR count). The maximum Gasteiger partial charge on any atom is 0.311 e. The summed E-state index contributed by atoms with van der Waals surface area (Å²) in [5.74, 6) is -1.18. The lowest BCUT2D eigenvalue weighted by Gasteiger charge is -2.30. The highest BCUT2D eigenvalue weighted by Crippen LogP contribution is 2.24. The van der Waals surface area contributed by atoms with Crippen LogP contribution in [0.1, 0.15) is 13.3 Å². The highest BCUT2D eigenvalue weighted by Gasteiger charge is 2.36. The fourth-order valence-electron chi connectivity index (χ4n) is 2.59. The second kappa shape index (κ2) is 7.69. The number of rotatable bonds is 6. The molecule has 0 unspecified atom stereocenters. The number of benzene rings is 1. The van der Waals surface area contributed by atoms with Crippen molar-refractivity contribution in [3.8, 4) is 0 Å². The maximum absolute atomic E-state index is 12.6. The summed E-state index contributed by atoms with van der Waals surface area (Å²) in [6.45, 7) is 2.67. The van der Waals surface area contributed by atoms with Crippen LogP contribution in [0.15, 0.2) is 29.2 Å². The van der Waals surface area contributed by atoms with Gasteiger partial charge in [-0.1, -0.05) is 12.1 Å². The van der Waals surface area contributed by atoms with Gasteiger partial charge in [-0.25, -0.2) is 13.1 Å². The van der Waals surface area contributed by atoms with Crippen molar-refractivity contribution in [3.05, 3.63) is 34.4 Å². The first-order valence-corrected chi connectivity index (χ1v) is 8.98. The van der Waals surface area contributed by atoms with Gasteiger partial charge in [0.15, 0.2) is 4.90 Å². The predicted molar refractivity (Wildman–Crippen MR) is 84.8 cm³/mol. The first-order chi connectivity index (χ1) is 11.4. The number of nitro groups is 1. The molecule has 1 aliphatic rings. The van der Waals surface area contributed by atoms with Crippen molar-refractivity contribution in [1.82, 2.24) is 10.0 Å². The highest BCUT2D eigenvalue weighted by atomic mass is 32.2. The summed E-state index contributed by atoms with van der Waals surface area (Å²) in [4.78, 5) is 21.9. The smallest absolute Gasteiger partial charge is 0.311 e. The Kier molecular flexibility index (Phi) is 5.86. The summed E-state index contributed by atoms with van der Waals surface area (Å²) in [5.41, 5.74) is -0.508. The SMILES string of the molecule is CCOC(=O)[C@@H]1CNCC[C@@H]1NS(=O)(=O)c1ccccc1[N+](=O)[O-]. The lowest BCUT2D eigenvalue weighted by molar-refractivity contribution is -0.387. The van der Waals surface area contributed by atoms with E-state index in [4.69, 9.17) is 4.74 Å². The monoisotopic (exact) mass is 357 g/mol. The van der Waals surface area contributed by atoms with E-state index in [0.717, 1.165) is 6.07 Å². The zero-order chi connectivity index (χ0) is 17.7. The van der Waals surface area contributed by atoms with Crippen LogP contribution in [0.25, 0.3) is 0 Å². The Morgan fingerprint density at radius 2 is 2.17 bits per heavy atom. The molecule has 0 bridgehead atoms. The van der Waals surface area contributed by atoms with Crippen molar-refractivity contribution in [2.24, 2.45) is 5.92 Å². The highest BCUT2D eigenvalue weighted by molar-refractivity contribution is 7.89. The molecule has 0 spiro atoms. The van der Waals surface area contributed by atoms with Crippen molar-refractivity contribution in [2.45, 2.75) is 24.3 Å². The number of nitrogens with one attached hydrogen (secondary N) is 2. The van der Waals surface area contributed by atoms with Gasteiger partial charge < -0.3 is 10.1 Å². The molecule has 1 fully saturated rings. The summed E-state index contributed by atoms with van der Waals surface area (Å²) in [6, 6.07) is 4.41. The molecule has 2 N–H and O–H groups in total. The molecule has 1 heterocycles. The van der Waals surface area contributed by atoms with Crippen LogP contribution in [0.5, 0.6) is 0 Å². The number of nitrogens with zero attached hydrogens (tertiary/aromatic N) is 1. The second-order valence-electron chi connectivity index (χ2n) is 5.30. The van der Waals surface area contributed by atoms with Crippen LogP contribution in [-0.2, 0) is 19.6 Å². The number of sulfonamides is 1. The third kappa shape index (κ3) is 4.08. The summed E-state index contributed by atoms with van der Waals surface area (Å²) >= 11 is 0. The van der Waals surface area contributed by atoms with E-state index in [1.807, 2.05) is 0 Å². The Morgan fingerprint density at radius 3 is 2.83 bits per heavy atom. The van der Waals surface area contributed by atoms with Gasteiger partial charge in [0.05, 0.1) is 17.4 Å². The van der Waals surface area contributed by atoms with Gasteiger partial charge in [-0.15, -0.1) is 0 Å². The van der Waals surface area contributed by atoms with Crippen LogP contribution in [0.3, 0.4) is 0 Å². The number of piperidine rings is 1. The summed E-state index contributed by atoms with van der Waals surface area (Å²) in [5, 5.41) is 14.1. The number of para-hydroxylation sites is 1. The summed E-state index contributed by atoms with van der Waals surface area (Å²) < 4.78 is 32.5. The molecule has 0 aromatic heterocycles. The Labute approximate surface area is 139 Å².